The minimum Gasteiger partial charge on any atom is -0.348 e. The van der Waals surface area contributed by atoms with E-state index in [-0.39, 0.29) is 11.7 Å². The van der Waals surface area contributed by atoms with Gasteiger partial charge >= 0.3 is 0 Å². The normalized spacial score (nSPS) is 10.6. The van der Waals surface area contributed by atoms with Crippen LogP contribution in [-0.2, 0) is 13.1 Å². The molecule has 0 aliphatic rings. The van der Waals surface area contributed by atoms with Crippen molar-refractivity contribution in [1.29, 1.82) is 0 Å². The number of rotatable bonds is 7. The maximum absolute atomic E-state index is 12.9. The molecular formula is C25H20ClN3O2. The van der Waals surface area contributed by atoms with Gasteiger partial charge in [0.15, 0.2) is 5.78 Å². The van der Waals surface area contributed by atoms with E-state index >= 15 is 0 Å². The van der Waals surface area contributed by atoms with Crippen molar-refractivity contribution in [2.75, 3.05) is 0 Å². The van der Waals surface area contributed by atoms with Crippen LogP contribution in [0.3, 0.4) is 0 Å². The first-order chi connectivity index (χ1) is 15.1. The van der Waals surface area contributed by atoms with Crippen LogP contribution in [-0.4, -0.2) is 21.2 Å². The van der Waals surface area contributed by atoms with E-state index in [1.807, 2.05) is 35.0 Å². The number of imidazole rings is 1. The predicted octanol–water partition coefficient (Wildman–Crippen LogP) is 4.75. The average molecular weight is 430 g/mol. The van der Waals surface area contributed by atoms with Gasteiger partial charge in [0, 0.05) is 41.6 Å². The van der Waals surface area contributed by atoms with Crippen LogP contribution in [0.25, 0.3) is 0 Å². The number of nitrogens with one attached hydrogen (secondary N) is 1. The number of carbonyl (C=O) groups is 2. The summed E-state index contributed by atoms with van der Waals surface area (Å²) in [5.74, 6) is -0.508. The molecule has 154 valence electrons. The van der Waals surface area contributed by atoms with Gasteiger partial charge in [-0.05, 0) is 41.5 Å². The van der Waals surface area contributed by atoms with Crippen LogP contribution in [0.15, 0.2) is 91.5 Å². The Morgan fingerprint density at radius 2 is 1.55 bits per heavy atom. The molecule has 6 heteroatoms. The Balaban J connectivity index is 1.43. The van der Waals surface area contributed by atoms with Gasteiger partial charge < -0.3 is 9.88 Å². The third kappa shape index (κ3) is 5.08. The van der Waals surface area contributed by atoms with E-state index < -0.39 is 0 Å². The average Bonchev–Trinajstić information content (AvgIpc) is 3.31. The first-order valence-corrected chi connectivity index (χ1v) is 10.2. The number of nitrogens with zero attached hydrogens (tertiary/aromatic N) is 2. The number of hydrogen-bond donors (Lipinski definition) is 1. The molecule has 0 unspecified atom stereocenters. The van der Waals surface area contributed by atoms with E-state index in [2.05, 4.69) is 10.3 Å². The molecule has 0 saturated carbocycles. The third-order valence-electron chi connectivity index (χ3n) is 4.92. The largest absolute Gasteiger partial charge is 0.348 e. The van der Waals surface area contributed by atoms with Crippen LogP contribution >= 0.6 is 11.6 Å². The predicted molar refractivity (Wildman–Crippen MR) is 120 cm³/mol. The Morgan fingerprint density at radius 1 is 0.871 bits per heavy atom. The van der Waals surface area contributed by atoms with Crippen LogP contribution in [0, 0.1) is 0 Å². The maximum atomic E-state index is 12.9. The molecular weight excluding hydrogens is 410 g/mol. The molecule has 0 saturated heterocycles. The van der Waals surface area contributed by atoms with Gasteiger partial charge in [-0.3, -0.25) is 9.59 Å². The first-order valence-electron chi connectivity index (χ1n) is 9.81. The fourth-order valence-electron chi connectivity index (χ4n) is 3.27. The number of amides is 1. The van der Waals surface area contributed by atoms with Crippen molar-refractivity contribution in [2.24, 2.45) is 0 Å². The van der Waals surface area contributed by atoms with Gasteiger partial charge in [-0.15, -0.1) is 0 Å². The summed E-state index contributed by atoms with van der Waals surface area (Å²) < 4.78 is 1.99. The second-order valence-electron chi connectivity index (χ2n) is 7.12. The molecule has 0 atom stereocenters. The summed E-state index contributed by atoms with van der Waals surface area (Å²) in [7, 11) is 0. The summed E-state index contributed by atoms with van der Waals surface area (Å²) in [6.45, 7) is 1.11. The third-order valence-corrected chi connectivity index (χ3v) is 5.18. The first kappa shape index (κ1) is 20.6. The summed E-state index contributed by atoms with van der Waals surface area (Å²) >= 11 is 5.91. The topological polar surface area (TPSA) is 64.0 Å². The quantitative estimate of drug-likeness (QED) is 0.431. The molecule has 1 heterocycles. The van der Waals surface area contributed by atoms with E-state index in [1.165, 1.54) is 0 Å². The van der Waals surface area contributed by atoms with Gasteiger partial charge in [-0.2, -0.15) is 0 Å². The zero-order valence-electron chi connectivity index (χ0n) is 16.7. The second kappa shape index (κ2) is 9.41. The summed E-state index contributed by atoms with van der Waals surface area (Å²) in [4.78, 5) is 29.7. The van der Waals surface area contributed by atoms with Gasteiger partial charge in [-0.1, -0.05) is 54.1 Å². The second-order valence-corrected chi connectivity index (χ2v) is 7.55. The lowest BCUT2D eigenvalue weighted by Crippen LogP contribution is -2.25. The molecule has 31 heavy (non-hydrogen) atoms. The zero-order valence-corrected chi connectivity index (χ0v) is 17.4. The summed E-state index contributed by atoms with van der Waals surface area (Å²) in [5, 5.41) is 3.46. The summed E-state index contributed by atoms with van der Waals surface area (Å²) in [6.07, 6.45) is 5.44. The Hall–Kier alpha value is -3.70. The van der Waals surface area contributed by atoms with Crippen molar-refractivity contribution in [3.8, 4) is 0 Å². The van der Waals surface area contributed by atoms with Crippen LogP contribution in [0.4, 0.5) is 0 Å². The van der Waals surface area contributed by atoms with Crippen molar-refractivity contribution >= 4 is 23.3 Å². The molecule has 4 rings (SSSR count). The molecule has 1 amide bonds. The fraction of sp³-hybridized carbons (Fsp3) is 0.0800. The van der Waals surface area contributed by atoms with E-state index in [1.54, 1.807) is 61.1 Å². The van der Waals surface area contributed by atoms with Gasteiger partial charge in [0.2, 0.25) is 0 Å². The molecule has 0 radical (unpaired) electrons. The minimum absolute atomic E-state index is 0.216. The highest BCUT2D eigenvalue weighted by Crippen LogP contribution is 2.17. The molecule has 0 aliphatic heterocycles. The number of aromatic nitrogens is 2. The van der Waals surface area contributed by atoms with Gasteiger partial charge in [0.1, 0.15) is 0 Å². The molecule has 5 nitrogen and oxygen atoms in total. The van der Waals surface area contributed by atoms with Gasteiger partial charge in [0.25, 0.3) is 5.91 Å². The standard InChI is InChI=1S/C25H20ClN3O2/c26-21-11-9-20(10-12-21)24(30)22-3-1-2-4-23(22)25(31)28-15-18-5-7-19(8-6-18)16-29-14-13-27-17-29/h1-14,17H,15-16H2,(H,28,31). The maximum Gasteiger partial charge on any atom is 0.252 e. The summed E-state index contributed by atoms with van der Waals surface area (Å²) in [5.41, 5.74) is 3.31. The molecule has 1 aromatic heterocycles. The van der Waals surface area contributed by atoms with Gasteiger partial charge in [-0.25, -0.2) is 4.98 Å². The molecule has 0 fully saturated rings. The Kier molecular flexibility index (Phi) is 6.24. The lowest BCUT2D eigenvalue weighted by atomic mass is 9.98. The Morgan fingerprint density at radius 3 is 2.23 bits per heavy atom. The van der Waals surface area contributed by atoms with Crippen molar-refractivity contribution in [3.63, 3.8) is 0 Å². The highest BCUT2D eigenvalue weighted by molar-refractivity contribution is 6.30. The van der Waals surface area contributed by atoms with E-state index in [4.69, 9.17) is 11.6 Å². The number of hydrogen-bond acceptors (Lipinski definition) is 3. The van der Waals surface area contributed by atoms with Crippen LogP contribution in [0.5, 0.6) is 0 Å². The number of halogens is 1. The van der Waals surface area contributed by atoms with Crippen molar-refractivity contribution in [1.82, 2.24) is 14.9 Å². The smallest absolute Gasteiger partial charge is 0.252 e. The molecule has 4 aromatic rings. The molecule has 0 aliphatic carbocycles. The van der Waals surface area contributed by atoms with Crippen molar-refractivity contribution in [2.45, 2.75) is 13.1 Å². The van der Waals surface area contributed by atoms with Crippen LogP contribution in [0.1, 0.15) is 37.4 Å². The number of carbonyl (C=O) groups excluding carboxylic acids is 2. The van der Waals surface area contributed by atoms with Gasteiger partial charge in [0.05, 0.1) is 11.9 Å². The summed E-state index contributed by atoms with van der Waals surface area (Å²) in [6, 6.07) is 21.5. The molecule has 1 N–H and O–H groups in total. The molecule has 3 aromatic carbocycles. The van der Waals surface area contributed by atoms with E-state index in [9.17, 15) is 9.59 Å². The molecule has 0 spiro atoms. The van der Waals surface area contributed by atoms with Crippen molar-refractivity contribution < 1.29 is 9.59 Å². The Labute approximate surface area is 185 Å². The monoisotopic (exact) mass is 429 g/mol. The van der Waals surface area contributed by atoms with Crippen LogP contribution in [0.2, 0.25) is 5.02 Å². The number of ketones is 1. The lowest BCUT2D eigenvalue weighted by molar-refractivity contribution is 0.0939. The fourth-order valence-corrected chi connectivity index (χ4v) is 3.39. The Bertz CT molecular complexity index is 1180. The van der Waals surface area contributed by atoms with E-state index in [0.717, 1.165) is 17.7 Å². The SMILES string of the molecule is O=C(NCc1ccc(Cn2ccnc2)cc1)c1ccccc1C(=O)c1ccc(Cl)cc1. The highest BCUT2D eigenvalue weighted by atomic mass is 35.5. The molecule has 0 bridgehead atoms. The highest BCUT2D eigenvalue weighted by Gasteiger charge is 2.17. The van der Waals surface area contributed by atoms with E-state index in [0.29, 0.717) is 28.3 Å². The van der Waals surface area contributed by atoms with Crippen molar-refractivity contribution in [3.05, 3.63) is 124 Å². The van der Waals surface area contributed by atoms with Crippen LogP contribution < -0.4 is 5.32 Å². The minimum atomic E-state index is -0.291. The zero-order chi connectivity index (χ0) is 21.6. The lowest BCUT2D eigenvalue weighted by Gasteiger charge is -2.10. The number of benzene rings is 3.